The number of nitrogens with one attached hydrogen (secondary N) is 1. The minimum atomic E-state index is 0.657. The second kappa shape index (κ2) is 5.14. The van der Waals surface area contributed by atoms with Crippen LogP contribution in [0.4, 0.5) is 11.8 Å². The zero-order chi connectivity index (χ0) is 11.4. The van der Waals surface area contributed by atoms with Gasteiger partial charge in [0.2, 0.25) is 5.95 Å². The smallest absolute Gasteiger partial charge is 0.224 e. The van der Waals surface area contributed by atoms with E-state index in [2.05, 4.69) is 34.2 Å². The molecule has 0 unspecified atom stereocenters. The molecule has 1 heterocycles. The molecule has 1 fully saturated rings. The number of hydrogen-bond acceptors (Lipinski definition) is 4. The molecule has 1 aliphatic rings. The van der Waals surface area contributed by atoms with Gasteiger partial charge >= 0.3 is 0 Å². The molecule has 0 spiro atoms. The molecule has 88 valence electrons. The fraction of sp³-hybridized carbons (Fsp3) is 0.667. The number of hydrogen-bond donors (Lipinski definition) is 1. The van der Waals surface area contributed by atoms with Crippen molar-refractivity contribution in [3.05, 3.63) is 12.3 Å². The maximum atomic E-state index is 4.51. The van der Waals surface area contributed by atoms with Crippen LogP contribution in [-0.2, 0) is 0 Å². The van der Waals surface area contributed by atoms with Crippen molar-refractivity contribution in [3.8, 4) is 0 Å². The SMILES string of the molecule is CCNc1nccc(N(C)C2CCCC2)n1. The van der Waals surface area contributed by atoms with Crippen LogP contribution < -0.4 is 10.2 Å². The molecule has 4 nitrogen and oxygen atoms in total. The van der Waals surface area contributed by atoms with E-state index >= 15 is 0 Å². The normalized spacial score (nSPS) is 16.4. The minimum absolute atomic E-state index is 0.657. The van der Waals surface area contributed by atoms with Crippen molar-refractivity contribution < 1.29 is 0 Å². The van der Waals surface area contributed by atoms with Crippen LogP contribution in [-0.4, -0.2) is 29.6 Å². The molecular formula is C12H20N4. The Morgan fingerprint density at radius 1 is 1.44 bits per heavy atom. The number of rotatable bonds is 4. The molecular weight excluding hydrogens is 200 g/mol. The molecule has 0 amide bonds. The fourth-order valence-electron chi connectivity index (χ4n) is 2.27. The van der Waals surface area contributed by atoms with Crippen LogP contribution in [0.5, 0.6) is 0 Å². The lowest BCUT2D eigenvalue weighted by Gasteiger charge is -2.25. The molecule has 0 aromatic carbocycles. The highest BCUT2D eigenvalue weighted by Gasteiger charge is 2.20. The molecule has 1 saturated carbocycles. The average Bonchev–Trinajstić information content (AvgIpc) is 2.82. The first-order valence-electron chi connectivity index (χ1n) is 6.11. The standard InChI is InChI=1S/C12H20N4/c1-3-13-12-14-9-8-11(15-12)16(2)10-6-4-5-7-10/h8-10H,3-7H2,1-2H3,(H,13,14,15). The third kappa shape index (κ3) is 2.43. The molecule has 0 saturated heterocycles. The molecule has 4 heteroatoms. The van der Waals surface area contributed by atoms with E-state index in [4.69, 9.17) is 0 Å². The molecule has 0 radical (unpaired) electrons. The number of anilines is 2. The van der Waals surface area contributed by atoms with E-state index in [0.29, 0.717) is 6.04 Å². The summed E-state index contributed by atoms with van der Waals surface area (Å²) in [5, 5.41) is 3.14. The Labute approximate surface area is 97.1 Å². The van der Waals surface area contributed by atoms with Crippen LogP contribution in [0, 0.1) is 0 Å². The summed E-state index contributed by atoms with van der Waals surface area (Å²) in [7, 11) is 2.13. The first kappa shape index (κ1) is 11.2. The number of aromatic nitrogens is 2. The van der Waals surface area contributed by atoms with Crippen molar-refractivity contribution in [3.63, 3.8) is 0 Å². The van der Waals surface area contributed by atoms with Crippen LogP contribution in [0.1, 0.15) is 32.6 Å². The van der Waals surface area contributed by atoms with Gasteiger partial charge in [-0.1, -0.05) is 12.8 Å². The average molecular weight is 220 g/mol. The van der Waals surface area contributed by atoms with Crippen molar-refractivity contribution in [2.45, 2.75) is 38.6 Å². The van der Waals surface area contributed by atoms with Gasteiger partial charge in [-0.25, -0.2) is 4.98 Å². The third-order valence-corrected chi connectivity index (χ3v) is 3.21. The van der Waals surface area contributed by atoms with E-state index in [0.717, 1.165) is 18.3 Å². The third-order valence-electron chi connectivity index (χ3n) is 3.21. The molecule has 0 aliphatic heterocycles. The van der Waals surface area contributed by atoms with E-state index in [1.54, 1.807) is 0 Å². The molecule has 1 aromatic heterocycles. The Bertz CT molecular complexity index is 334. The molecule has 16 heavy (non-hydrogen) atoms. The Kier molecular flexibility index (Phi) is 3.59. The second-order valence-electron chi connectivity index (χ2n) is 4.32. The van der Waals surface area contributed by atoms with Gasteiger partial charge in [0.1, 0.15) is 5.82 Å². The van der Waals surface area contributed by atoms with E-state index in [9.17, 15) is 0 Å². The zero-order valence-electron chi connectivity index (χ0n) is 10.1. The summed E-state index contributed by atoms with van der Waals surface area (Å²) in [6.45, 7) is 2.91. The summed E-state index contributed by atoms with van der Waals surface area (Å²) in [6.07, 6.45) is 7.10. The van der Waals surface area contributed by atoms with Crippen molar-refractivity contribution in [1.29, 1.82) is 0 Å². The monoisotopic (exact) mass is 220 g/mol. The quantitative estimate of drug-likeness (QED) is 0.845. The van der Waals surface area contributed by atoms with Crippen molar-refractivity contribution >= 4 is 11.8 Å². The molecule has 0 bridgehead atoms. The first-order valence-corrected chi connectivity index (χ1v) is 6.11. The molecule has 0 atom stereocenters. The minimum Gasteiger partial charge on any atom is -0.357 e. The fourth-order valence-corrected chi connectivity index (χ4v) is 2.27. The summed E-state index contributed by atoms with van der Waals surface area (Å²) in [5.74, 6) is 1.75. The van der Waals surface area contributed by atoms with Gasteiger partial charge in [0.05, 0.1) is 0 Å². The van der Waals surface area contributed by atoms with Gasteiger partial charge in [0.15, 0.2) is 0 Å². The Balaban J connectivity index is 2.09. The van der Waals surface area contributed by atoms with Crippen molar-refractivity contribution in [1.82, 2.24) is 9.97 Å². The van der Waals surface area contributed by atoms with Gasteiger partial charge < -0.3 is 10.2 Å². The van der Waals surface area contributed by atoms with Gasteiger partial charge in [-0.05, 0) is 25.8 Å². The predicted molar refractivity (Wildman–Crippen MR) is 66.9 cm³/mol. The van der Waals surface area contributed by atoms with E-state index in [1.165, 1.54) is 25.7 Å². The van der Waals surface area contributed by atoms with Gasteiger partial charge in [0, 0.05) is 25.8 Å². The summed E-state index contributed by atoms with van der Waals surface area (Å²) < 4.78 is 0. The van der Waals surface area contributed by atoms with Gasteiger partial charge in [-0.15, -0.1) is 0 Å². The van der Waals surface area contributed by atoms with Gasteiger partial charge in [-0.2, -0.15) is 4.98 Å². The summed E-state index contributed by atoms with van der Waals surface area (Å²) in [5.41, 5.74) is 0. The van der Waals surface area contributed by atoms with Crippen LogP contribution in [0.25, 0.3) is 0 Å². The summed E-state index contributed by atoms with van der Waals surface area (Å²) in [4.78, 5) is 11.0. The van der Waals surface area contributed by atoms with Gasteiger partial charge in [0.25, 0.3) is 0 Å². The van der Waals surface area contributed by atoms with E-state index in [-0.39, 0.29) is 0 Å². The van der Waals surface area contributed by atoms with Crippen molar-refractivity contribution in [2.75, 3.05) is 23.8 Å². The van der Waals surface area contributed by atoms with Gasteiger partial charge in [-0.3, -0.25) is 0 Å². The second-order valence-corrected chi connectivity index (χ2v) is 4.32. The maximum Gasteiger partial charge on any atom is 0.224 e. The van der Waals surface area contributed by atoms with E-state index < -0.39 is 0 Å². The zero-order valence-corrected chi connectivity index (χ0v) is 10.1. The first-order chi connectivity index (χ1) is 7.81. The lowest BCUT2D eigenvalue weighted by molar-refractivity contribution is 0.646. The largest absolute Gasteiger partial charge is 0.357 e. The summed E-state index contributed by atoms with van der Waals surface area (Å²) >= 11 is 0. The Morgan fingerprint density at radius 2 is 2.19 bits per heavy atom. The maximum absolute atomic E-state index is 4.51. The molecule has 2 rings (SSSR count). The Hall–Kier alpha value is -1.32. The van der Waals surface area contributed by atoms with E-state index in [1.807, 2.05) is 12.3 Å². The predicted octanol–water partition coefficient (Wildman–Crippen LogP) is 2.29. The van der Waals surface area contributed by atoms with Crippen LogP contribution in [0.15, 0.2) is 12.3 Å². The van der Waals surface area contributed by atoms with Crippen molar-refractivity contribution in [2.24, 2.45) is 0 Å². The Morgan fingerprint density at radius 3 is 2.88 bits per heavy atom. The molecule has 1 aromatic rings. The number of nitrogens with zero attached hydrogens (tertiary/aromatic N) is 3. The van der Waals surface area contributed by atoms with Crippen LogP contribution in [0.3, 0.4) is 0 Å². The summed E-state index contributed by atoms with van der Waals surface area (Å²) in [6, 6.07) is 2.64. The highest BCUT2D eigenvalue weighted by Crippen LogP contribution is 2.25. The topological polar surface area (TPSA) is 41.1 Å². The highest BCUT2D eigenvalue weighted by atomic mass is 15.2. The molecule has 1 N–H and O–H groups in total. The highest BCUT2D eigenvalue weighted by molar-refractivity contribution is 5.42. The van der Waals surface area contributed by atoms with Crippen LogP contribution in [0.2, 0.25) is 0 Å². The lowest BCUT2D eigenvalue weighted by Crippen LogP contribution is -2.29. The van der Waals surface area contributed by atoms with Crippen LogP contribution >= 0.6 is 0 Å². The lowest BCUT2D eigenvalue weighted by atomic mass is 10.2. The molecule has 1 aliphatic carbocycles.